The number of hydrogen-bond donors (Lipinski definition) is 1. The Morgan fingerprint density at radius 2 is 1.29 bits per heavy atom. The highest BCUT2D eigenvalue weighted by Gasteiger charge is 2.33. The number of alkyl carbamates (subject to hydrolysis) is 1. The van der Waals surface area contributed by atoms with E-state index in [1.807, 2.05) is 0 Å². The first kappa shape index (κ1) is 33.2. The largest absolute Gasteiger partial charge is 0.446 e. The number of unbranched alkanes of at least 4 members (excludes halogenated alkanes) is 7. The van der Waals surface area contributed by atoms with E-state index in [0.717, 1.165) is 25.7 Å². The quantitative estimate of drug-likeness (QED) is 0.166. The SMILES string of the molecule is CCCCCCCC(C)(CCCCCC)C(C)OC(=O)NCCC(C)(C)OCCC(C)(C)OC. The third kappa shape index (κ3) is 16.0. The molecular weight excluding hydrogens is 426 g/mol. The van der Waals surface area contributed by atoms with Crippen molar-refractivity contribution in [1.82, 2.24) is 5.32 Å². The van der Waals surface area contributed by atoms with Gasteiger partial charge in [0.2, 0.25) is 0 Å². The molecule has 0 spiro atoms. The first-order valence-corrected chi connectivity index (χ1v) is 14.0. The maximum atomic E-state index is 12.6. The van der Waals surface area contributed by atoms with Gasteiger partial charge in [0, 0.05) is 19.1 Å². The predicted octanol–water partition coefficient (Wildman–Crippen LogP) is 8.44. The minimum atomic E-state index is -0.311. The molecule has 0 fully saturated rings. The zero-order chi connectivity index (χ0) is 26.1. The molecule has 0 saturated heterocycles. The molecule has 0 aromatic heterocycles. The fourth-order valence-electron chi connectivity index (χ4n) is 4.18. The van der Waals surface area contributed by atoms with Gasteiger partial charge >= 0.3 is 6.09 Å². The van der Waals surface area contributed by atoms with Crippen LogP contribution in [0.3, 0.4) is 0 Å². The highest BCUT2D eigenvalue weighted by Crippen LogP contribution is 2.36. The molecule has 0 aliphatic heterocycles. The van der Waals surface area contributed by atoms with Crippen LogP contribution in [0.5, 0.6) is 0 Å². The van der Waals surface area contributed by atoms with Crippen LogP contribution in [0.1, 0.15) is 139 Å². The van der Waals surface area contributed by atoms with Gasteiger partial charge in [0.05, 0.1) is 17.8 Å². The van der Waals surface area contributed by atoms with E-state index in [2.05, 4.69) is 60.7 Å². The second-order valence-corrected chi connectivity index (χ2v) is 11.7. The van der Waals surface area contributed by atoms with Crippen LogP contribution < -0.4 is 5.32 Å². The molecule has 0 saturated carbocycles. The van der Waals surface area contributed by atoms with E-state index in [9.17, 15) is 4.79 Å². The van der Waals surface area contributed by atoms with Crippen molar-refractivity contribution < 1.29 is 19.0 Å². The molecule has 0 heterocycles. The summed E-state index contributed by atoms with van der Waals surface area (Å²) in [6.45, 7) is 18.3. The lowest BCUT2D eigenvalue weighted by Gasteiger charge is -2.36. The number of hydrogen-bond acceptors (Lipinski definition) is 4. The Morgan fingerprint density at radius 3 is 1.82 bits per heavy atom. The van der Waals surface area contributed by atoms with E-state index in [1.165, 1.54) is 57.8 Å². The molecule has 0 rings (SSSR count). The lowest BCUT2D eigenvalue weighted by molar-refractivity contribution is -0.0608. The summed E-state index contributed by atoms with van der Waals surface area (Å²) in [6, 6.07) is 0. The molecule has 0 radical (unpaired) electrons. The highest BCUT2D eigenvalue weighted by atomic mass is 16.6. The van der Waals surface area contributed by atoms with Crippen LogP contribution in [0, 0.1) is 5.41 Å². The number of amides is 1. The standard InChI is InChI=1S/C29H59NO4/c1-10-12-14-16-18-20-29(8,19-17-15-13-11-2)25(3)34-26(31)30-23-21-28(6,7)33-24-22-27(4,5)32-9/h25H,10-24H2,1-9H3,(H,30,31). The topological polar surface area (TPSA) is 56.8 Å². The van der Waals surface area contributed by atoms with Crippen molar-refractivity contribution in [2.75, 3.05) is 20.3 Å². The van der Waals surface area contributed by atoms with Crippen LogP contribution in [0.25, 0.3) is 0 Å². The van der Waals surface area contributed by atoms with Crippen LogP contribution in [0.4, 0.5) is 4.79 Å². The van der Waals surface area contributed by atoms with Crippen LogP contribution in [0.2, 0.25) is 0 Å². The number of carbonyl (C=O) groups excluding carboxylic acids is 1. The van der Waals surface area contributed by atoms with Crippen LogP contribution >= 0.6 is 0 Å². The normalized spacial score (nSPS) is 15.1. The molecule has 5 heteroatoms. The Hall–Kier alpha value is -0.810. The summed E-state index contributed by atoms with van der Waals surface area (Å²) < 4.78 is 17.4. The Balaban J connectivity index is 4.57. The maximum Gasteiger partial charge on any atom is 0.407 e. The van der Waals surface area contributed by atoms with Gasteiger partial charge in [-0.05, 0) is 60.3 Å². The molecular formula is C29H59NO4. The van der Waals surface area contributed by atoms with Crippen molar-refractivity contribution in [3.05, 3.63) is 0 Å². The van der Waals surface area contributed by atoms with Gasteiger partial charge in [0.1, 0.15) is 6.10 Å². The van der Waals surface area contributed by atoms with Crippen molar-refractivity contribution in [3.8, 4) is 0 Å². The first-order chi connectivity index (χ1) is 15.9. The van der Waals surface area contributed by atoms with Crippen molar-refractivity contribution in [2.45, 2.75) is 156 Å². The third-order valence-corrected chi connectivity index (χ3v) is 7.46. The zero-order valence-electron chi connectivity index (χ0n) is 24.3. The zero-order valence-corrected chi connectivity index (χ0v) is 24.3. The molecule has 0 aliphatic rings. The van der Waals surface area contributed by atoms with E-state index in [0.29, 0.717) is 13.2 Å². The van der Waals surface area contributed by atoms with Crippen molar-refractivity contribution >= 4 is 6.09 Å². The summed E-state index contributed by atoms with van der Waals surface area (Å²) in [7, 11) is 1.73. The minimum absolute atomic E-state index is 0.0355. The number of rotatable bonds is 21. The Kier molecular flexibility index (Phi) is 17.2. The van der Waals surface area contributed by atoms with E-state index >= 15 is 0 Å². The van der Waals surface area contributed by atoms with Gasteiger partial charge in [-0.2, -0.15) is 0 Å². The molecule has 0 bridgehead atoms. The van der Waals surface area contributed by atoms with Gasteiger partial charge in [-0.15, -0.1) is 0 Å². The molecule has 0 aromatic rings. The Bertz CT molecular complexity index is 520. The van der Waals surface area contributed by atoms with Crippen molar-refractivity contribution in [2.24, 2.45) is 5.41 Å². The average molecular weight is 486 g/mol. The van der Waals surface area contributed by atoms with Crippen LogP contribution in [-0.4, -0.2) is 43.7 Å². The van der Waals surface area contributed by atoms with Crippen molar-refractivity contribution in [1.29, 1.82) is 0 Å². The number of methoxy groups -OCH3 is 1. The fourth-order valence-corrected chi connectivity index (χ4v) is 4.18. The highest BCUT2D eigenvalue weighted by molar-refractivity contribution is 5.67. The van der Waals surface area contributed by atoms with Gasteiger partial charge in [0.15, 0.2) is 0 Å². The smallest absolute Gasteiger partial charge is 0.407 e. The van der Waals surface area contributed by atoms with E-state index in [4.69, 9.17) is 14.2 Å². The van der Waals surface area contributed by atoms with Crippen LogP contribution in [0.15, 0.2) is 0 Å². The van der Waals surface area contributed by atoms with Gasteiger partial charge in [0.25, 0.3) is 0 Å². The van der Waals surface area contributed by atoms with Gasteiger partial charge in [-0.25, -0.2) is 4.79 Å². The molecule has 204 valence electrons. The molecule has 34 heavy (non-hydrogen) atoms. The van der Waals surface area contributed by atoms with E-state index in [-0.39, 0.29) is 28.8 Å². The first-order valence-electron chi connectivity index (χ1n) is 14.0. The molecule has 1 amide bonds. The summed E-state index contributed by atoms with van der Waals surface area (Å²) in [5, 5.41) is 2.95. The lowest BCUT2D eigenvalue weighted by Crippen LogP contribution is -2.39. The van der Waals surface area contributed by atoms with Crippen molar-refractivity contribution in [3.63, 3.8) is 0 Å². The predicted molar refractivity (Wildman–Crippen MR) is 145 cm³/mol. The minimum Gasteiger partial charge on any atom is -0.446 e. The van der Waals surface area contributed by atoms with Gasteiger partial charge < -0.3 is 19.5 Å². The Morgan fingerprint density at radius 1 is 0.765 bits per heavy atom. The summed E-state index contributed by atoms with van der Waals surface area (Å²) in [5.41, 5.74) is -0.462. The maximum absolute atomic E-state index is 12.6. The number of carbonyl (C=O) groups is 1. The molecule has 2 atom stereocenters. The summed E-state index contributed by atoms with van der Waals surface area (Å²) in [5.74, 6) is 0. The molecule has 1 N–H and O–H groups in total. The fraction of sp³-hybridized carbons (Fsp3) is 0.966. The second-order valence-electron chi connectivity index (χ2n) is 11.7. The molecule has 0 aliphatic carbocycles. The lowest BCUT2D eigenvalue weighted by atomic mass is 9.75. The molecule has 5 nitrogen and oxygen atoms in total. The Labute approximate surface area is 212 Å². The van der Waals surface area contributed by atoms with Gasteiger partial charge in [-0.1, -0.05) is 78.6 Å². The second kappa shape index (κ2) is 17.6. The summed E-state index contributed by atoms with van der Waals surface area (Å²) in [6.07, 6.45) is 14.8. The van der Waals surface area contributed by atoms with Gasteiger partial charge in [-0.3, -0.25) is 0 Å². The summed E-state index contributed by atoms with van der Waals surface area (Å²) in [4.78, 5) is 12.6. The number of nitrogens with one attached hydrogen (secondary N) is 1. The average Bonchev–Trinajstić information content (AvgIpc) is 2.76. The van der Waals surface area contributed by atoms with E-state index < -0.39 is 0 Å². The molecule has 0 aromatic carbocycles. The number of ether oxygens (including phenoxy) is 3. The molecule has 2 unspecified atom stereocenters. The van der Waals surface area contributed by atoms with Crippen LogP contribution in [-0.2, 0) is 14.2 Å². The third-order valence-electron chi connectivity index (χ3n) is 7.46. The monoisotopic (exact) mass is 485 g/mol. The van der Waals surface area contributed by atoms with E-state index in [1.54, 1.807) is 7.11 Å². The summed E-state index contributed by atoms with van der Waals surface area (Å²) >= 11 is 0.